The van der Waals surface area contributed by atoms with Crippen molar-refractivity contribution in [3.05, 3.63) is 65.4 Å². The van der Waals surface area contributed by atoms with Crippen molar-refractivity contribution in [1.29, 1.82) is 0 Å². The summed E-state index contributed by atoms with van der Waals surface area (Å²) < 4.78 is 0. The number of hydrogen-bond donors (Lipinski definition) is 1. The first-order chi connectivity index (χ1) is 12.1. The molecule has 3 heteroatoms. The number of aryl methyl sites for hydroxylation is 2. The number of benzene rings is 2. The molecule has 2 N–H and O–H groups in total. The highest BCUT2D eigenvalue weighted by Gasteiger charge is 2.22. The number of nitrogens with zero attached hydrogens (tertiary/aromatic N) is 1. The van der Waals surface area contributed by atoms with Crippen LogP contribution in [-0.2, 0) is 17.6 Å². The van der Waals surface area contributed by atoms with E-state index in [1.807, 2.05) is 25.1 Å². The average molecular weight is 332 g/mol. The van der Waals surface area contributed by atoms with Crippen LogP contribution in [0.5, 0.6) is 0 Å². The Morgan fingerprint density at radius 2 is 1.76 bits per heavy atom. The lowest BCUT2D eigenvalue weighted by Gasteiger charge is -2.20. The molecule has 2 aromatic carbocycles. The Balaban J connectivity index is 2.46. The standard InChI is InChI=1S/C22H24N2O/c1-4-15-12-9-13-18-19(15)17(5-2)20(14(3)22(23)25)24-21(18)16-10-7-6-8-11-16/h6-14H,4-5H2,1-3H3,(H2,23,25). The zero-order valence-corrected chi connectivity index (χ0v) is 15.0. The van der Waals surface area contributed by atoms with Crippen LogP contribution >= 0.6 is 0 Å². The molecule has 3 rings (SSSR count). The quantitative estimate of drug-likeness (QED) is 0.741. The van der Waals surface area contributed by atoms with Crippen molar-refractivity contribution in [2.45, 2.75) is 39.5 Å². The summed E-state index contributed by atoms with van der Waals surface area (Å²) in [5.41, 5.74) is 10.8. The van der Waals surface area contributed by atoms with Gasteiger partial charge in [-0.15, -0.1) is 0 Å². The van der Waals surface area contributed by atoms with Gasteiger partial charge < -0.3 is 5.73 Å². The van der Waals surface area contributed by atoms with Gasteiger partial charge in [-0.2, -0.15) is 0 Å². The molecule has 128 valence electrons. The topological polar surface area (TPSA) is 56.0 Å². The van der Waals surface area contributed by atoms with Crippen LogP contribution in [0.2, 0.25) is 0 Å². The van der Waals surface area contributed by atoms with Crippen molar-refractivity contribution >= 4 is 16.7 Å². The lowest BCUT2D eigenvalue weighted by Crippen LogP contribution is -2.21. The maximum atomic E-state index is 11.9. The van der Waals surface area contributed by atoms with Gasteiger partial charge in [0.15, 0.2) is 0 Å². The van der Waals surface area contributed by atoms with Gasteiger partial charge in [0, 0.05) is 10.9 Å². The van der Waals surface area contributed by atoms with Crippen LogP contribution in [0.1, 0.15) is 43.5 Å². The molecule has 1 amide bonds. The van der Waals surface area contributed by atoms with Crippen LogP contribution in [0.4, 0.5) is 0 Å². The maximum Gasteiger partial charge on any atom is 0.226 e. The molecular weight excluding hydrogens is 308 g/mol. The highest BCUT2D eigenvalue weighted by molar-refractivity contribution is 6.00. The van der Waals surface area contributed by atoms with E-state index in [2.05, 4.69) is 44.2 Å². The van der Waals surface area contributed by atoms with Crippen molar-refractivity contribution in [3.63, 3.8) is 0 Å². The molecule has 1 aromatic heterocycles. The first-order valence-electron chi connectivity index (χ1n) is 8.87. The van der Waals surface area contributed by atoms with E-state index in [0.717, 1.165) is 40.7 Å². The molecule has 0 aliphatic rings. The van der Waals surface area contributed by atoms with Crippen molar-refractivity contribution in [2.75, 3.05) is 0 Å². The van der Waals surface area contributed by atoms with E-state index in [1.165, 1.54) is 10.9 Å². The van der Waals surface area contributed by atoms with E-state index in [4.69, 9.17) is 10.7 Å². The summed E-state index contributed by atoms with van der Waals surface area (Å²) in [5, 5.41) is 2.37. The zero-order chi connectivity index (χ0) is 18.0. The van der Waals surface area contributed by atoms with E-state index in [9.17, 15) is 4.79 Å². The number of pyridine rings is 1. The number of primary amides is 1. The van der Waals surface area contributed by atoms with Gasteiger partial charge in [-0.3, -0.25) is 9.78 Å². The number of carbonyl (C=O) groups excluding carboxylic acids is 1. The Morgan fingerprint density at radius 3 is 2.36 bits per heavy atom. The minimum absolute atomic E-state index is 0.338. The van der Waals surface area contributed by atoms with Gasteiger partial charge in [-0.05, 0) is 36.3 Å². The van der Waals surface area contributed by atoms with Gasteiger partial charge in [0.25, 0.3) is 0 Å². The third-order valence-corrected chi connectivity index (χ3v) is 4.87. The molecule has 0 spiro atoms. The molecule has 1 unspecified atom stereocenters. The summed E-state index contributed by atoms with van der Waals surface area (Å²) >= 11 is 0. The molecule has 0 aliphatic heterocycles. The lowest BCUT2D eigenvalue weighted by molar-refractivity contribution is -0.119. The second-order valence-corrected chi connectivity index (χ2v) is 6.36. The Labute approximate surface area is 148 Å². The molecule has 0 saturated heterocycles. The normalized spacial score (nSPS) is 12.3. The predicted molar refractivity (Wildman–Crippen MR) is 104 cm³/mol. The summed E-state index contributed by atoms with van der Waals surface area (Å²) in [6, 6.07) is 16.5. The summed E-state index contributed by atoms with van der Waals surface area (Å²) in [5.74, 6) is -0.749. The Hall–Kier alpha value is -2.68. The number of carbonyl (C=O) groups is 1. The summed E-state index contributed by atoms with van der Waals surface area (Å²) in [4.78, 5) is 16.8. The first-order valence-corrected chi connectivity index (χ1v) is 8.87. The fraction of sp³-hybridized carbons (Fsp3) is 0.273. The third-order valence-electron chi connectivity index (χ3n) is 4.87. The molecular formula is C22H24N2O. The van der Waals surface area contributed by atoms with E-state index >= 15 is 0 Å². The number of fused-ring (bicyclic) bond motifs is 1. The van der Waals surface area contributed by atoms with Crippen LogP contribution in [0.15, 0.2) is 48.5 Å². The van der Waals surface area contributed by atoms with E-state index < -0.39 is 5.92 Å². The minimum Gasteiger partial charge on any atom is -0.369 e. The van der Waals surface area contributed by atoms with E-state index in [-0.39, 0.29) is 5.91 Å². The molecule has 1 heterocycles. The highest BCUT2D eigenvalue weighted by Crippen LogP contribution is 2.35. The third kappa shape index (κ3) is 3.02. The number of aromatic nitrogens is 1. The molecule has 1 atom stereocenters. The molecule has 0 saturated carbocycles. The average Bonchev–Trinajstić information content (AvgIpc) is 2.66. The Kier molecular flexibility index (Phi) is 4.84. The molecule has 3 aromatic rings. The predicted octanol–water partition coefficient (Wildman–Crippen LogP) is 4.62. The second kappa shape index (κ2) is 7.06. The molecule has 0 fully saturated rings. The number of amides is 1. The molecule has 3 nitrogen and oxygen atoms in total. The lowest BCUT2D eigenvalue weighted by atomic mass is 9.89. The number of nitrogens with two attached hydrogens (primary N) is 1. The minimum atomic E-state index is -0.410. The first kappa shape index (κ1) is 17.2. The van der Waals surface area contributed by atoms with E-state index in [0.29, 0.717) is 0 Å². The smallest absolute Gasteiger partial charge is 0.226 e. The van der Waals surface area contributed by atoms with Crippen molar-refractivity contribution in [1.82, 2.24) is 4.98 Å². The zero-order valence-electron chi connectivity index (χ0n) is 15.0. The van der Waals surface area contributed by atoms with Gasteiger partial charge in [-0.1, -0.05) is 62.4 Å². The number of hydrogen-bond acceptors (Lipinski definition) is 2. The Bertz CT molecular complexity index is 916. The molecule has 0 aliphatic carbocycles. The maximum absolute atomic E-state index is 11.9. The fourth-order valence-electron chi connectivity index (χ4n) is 3.49. The summed E-state index contributed by atoms with van der Waals surface area (Å²) in [7, 11) is 0. The van der Waals surface area contributed by atoms with Gasteiger partial charge in [0.2, 0.25) is 5.91 Å². The van der Waals surface area contributed by atoms with Gasteiger partial charge in [-0.25, -0.2) is 0 Å². The largest absolute Gasteiger partial charge is 0.369 e. The van der Waals surface area contributed by atoms with Gasteiger partial charge >= 0.3 is 0 Å². The van der Waals surface area contributed by atoms with Crippen LogP contribution < -0.4 is 5.73 Å². The summed E-state index contributed by atoms with van der Waals surface area (Å²) in [6.07, 6.45) is 1.76. The number of rotatable bonds is 5. The van der Waals surface area contributed by atoms with Crippen LogP contribution in [0.25, 0.3) is 22.0 Å². The van der Waals surface area contributed by atoms with Crippen LogP contribution in [-0.4, -0.2) is 10.9 Å². The fourth-order valence-corrected chi connectivity index (χ4v) is 3.49. The highest BCUT2D eigenvalue weighted by atomic mass is 16.1. The monoisotopic (exact) mass is 332 g/mol. The van der Waals surface area contributed by atoms with Crippen LogP contribution in [0, 0.1) is 0 Å². The summed E-state index contributed by atoms with van der Waals surface area (Å²) in [6.45, 7) is 6.12. The SMILES string of the molecule is CCc1cccc2c(-c3ccccc3)nc(C(C)C(N)=O)c(CC)c12. The van der Waals surface area contributed by atoms with Gasteiger partial charge in [0.1, 0.15) is 0 Å². The second-order valence-electron chi connectivity index (χ2n) is 6.36. The van der Waals surface area contributed by atoms with Crippen molar-refractivity contribution < 1.29 is 4.79 Å². The van der Waals surface area contributed by atoms with Gasteiger partial charge in [0.05, 0.1) is 17.3 Å². The molecule has 0 radical (unpaired) electrons. The van der Waals surface area contributed by atoms with E-state index in [1.54, 1.807) is 0 Å². The van der Waals surface area contributed by atoms with Crippen molar-refractivity contribution in [3.8, 4) is 11.3 Å². The Morgan fingerprint density at radius 1 is 1.04 bits per heavy atom. The van der Waals surface area contributed by atoms with Crippen LogP contribution in [0.3, 0.4) is 0 Å². The van der Waals surface area contributed by atoms with Crippen molar-refractivity contribution in [2.24, 2.45) is 5.73 Å². The molecule has 25 heavy (non-hydrogen) atoms. The molecule has 0 bridgehead atoms.